The van der Waals surface area contributed by atoms with Crippen molar-refractivity contribution in [2.75, 3.05) is 45.1 Å². The Kier molecular flexibility index (Phi) is 10.7. The molecule has 1 atom stereocenters. The minimum atomic E-state index is -4.23. The smallest absolute Gasteiger partial charge is 0.356 e. The van der Waals surface area contributed by atoms with E-state index in [2.05, 4.69) is 15.6 Å². The number of amides is 1. The summed E-state index contributed by atoms with van der Waals surface area (Å²) in [6, 6.07) is 3.93. The van der Waals surface area contributed by atoms with Gasteiger partial charge in [-0.15, -0.1) is 24.0 Å². The molecule has 30 heavy (non-hydrogen) atoms. The third kappa shape index (κ3) is 7.77. The summed E-state index contributed by atoms with van der Waals surface area (Å²) in [4.78, 5) is 19.6. The summed E-state index contributed by atoms with van der Waals surface area (Å²) in [5.41, 5.74) is 1.56. The molecule has 1 fully saturated rings. The molecule has 11 heteroatoms. The second-order valence-corrected chi connectivity index (χ2v) is 7.40. The number of nitrogens with one attached hydrogen (secondary N) is 2. The van der Waals surface area contributed by atoms with E-state index in [0.29, 0.717) is 49.4 Å². The number of hydrogen-bond donors (Lipinski definition) is 2. The molecule has 2 N–H and O–H groups in total. The van der Waals surface area contributed by atoms with Crippen molar-refractivity contribution in [3.8, 4) is 0 Å². The van der Waals surface area contributed by atoms with Gasteiger partial charge in [-0.25, -0.2) is 0 Å². The normalized spacial score (nSPS) is 16.6. The fourth-order valence-electron chi connectivity index (χ4n) is 3.08. The number of nitrogens with zero attached hydrogens (tertiary/aromatic N) is 3. The first-order valence-corrected chi connectivity index (χ1v) is 9.82. The Balaban J connectivity index is 0.00000450. The first-order chi connectivity index (χ1) is 13.6. The van der Waals surface area contributed by atoms with Gasteiger partial charge in [0.2, 0.25) is 5.91 Å². The van der Waals surface area contributed by atoms with Crippen molar-refractivity contribution in [3.63, 3.8) is 0 Å². The van der Waals surface area contributed by atoms with E-state index in [1.165, 1.54) is 11.8 Å². The fourth-order valence-corrected chi connectivity index (χ4v) is 3.36. The molecule has 0 aromatic heterocycles. The number of alkyl halides is 3. The zero-order valence-corrected chi connectivity index (χ0v) is 20.3. The van der Waals surface area contributed by atoms with E-state index in [1.807, 2.05) is 17.9 Å². The predicted molar refractivity (Wildman–Crippen MR) is 125 cm³/mol. The van der Waals surface area contributed by atoms with Crippen LogP contribution in [0.4, 0.5) is 18.9 Å². The molecule has 0 saturated carbocycles. The molecule has 1 unspecified atom stereocenters. The maximum Gasteiger partial charge on any atom is 0.403 e. The Hall–Kier alpha value is -1.27. The first kappa shape index (κ1) is 26.8. The van der Waals surface area contributed by atoms with Crippen LogP contribution in [0.5, 0.6) is 0 Å². The summed E-state index contributed by atoms with van der Waals surface area (Å²) in [6.07, 6.45) is -4.02. The largest absolute Gasteiger partial charge is 0.403 e. The SMILES string of the molecule is CN=C(NCCC(=O)Nc1ccc(C)cc1Cl)N1CCN(C(C)C(F)(F)F)CC1.I. The monoisotopic (exact) mass is 561 g/mol. The maximum absolute atomic E-state index is 12.9. The highest BCUT2D eigenvalue weighted by atomic mass is 127. The number of halogens is 5. The average molecular weight is 562 g/mol. The lowest BCUT2D eigenvalue weighted by Crippen LogP contribution is -2.56. The second kappa shape index (κ2) is 11.9. The summed E-state index contributed by atoms with van der Waals surface area (Å²) in [7, 11) is 1.61. The molecular formula is C19H28ClF3IN5O. The maximum atomic E-state index is 12.9. The highest BCUT2D eigenvalue weighted by molar-refractivity contribution is 14.0. The minimum Gasteiger partial charge on any atom is -0.356 e. The van der Waals surface area contributed by atoms with Gasteiger partial charge in [-0.1, -0.05) is 17.7 Å². The molecule has 1 aliphatic heterocycles. The minimum absolute atomic E-state index is 0. The van der Waals surface area contributed by atoms with Crippen molar-refractivity contribution in [3.05, 3.63) is 28.8 Å². The molecule has 1 aliphatic rings. The summed E-state index contributed by atoms with van der Waals surface area (Å²) < 4.78 is 38.6. The van der Waals surface area contributed by atoms with Gasteiger partial charge in [0.05, 0.1) is 10.7 Å². The highest BCUT2D eigenvalue weighted by Gasteiger charge is 2.41. The van der Waals surface area contributed by atoms with Crippen molar-refractivity contribution in [1.82, 2.24) is 15.1 Å². The Morgan fingerprint density at radius 3 is 2.43 bits per heavy atom. The van der Waals surface area contributed by atoms with E-state index < -0.39 is 12.2 Å². The topological polar surface area (TPSA) is 60.0 Å². The van der Waals surface area contributed by atoms with Gasteiger partial charge < -0.3 is 15.5 Å². The highest BCUT2D eigenvalue weighted by Crippen LogP contribution is 2.25. The number of guanidine groups is 1. The number of piperazine rings is 1. The third-order valence-electron chi connectivity index (χ3n) is 4.88. The number of carbonyl (C=O) groups is 1. The molecular weight excluding hydrogens is 534 g/mol. The van der Waals surface area contributed by atoms with Crippen LogP contribution in [0.2, 0.25) is 5.02 Å². The molecule has 0 radical (unpaired) electrons. The molecule has 170 valence electrons. The van der Waals surface area contributed by atoms with Crippen molar-refractivity contribution in [1.29, 1.82) is 0 Å². The van der Waals surface area contributed by atoms with Crippen LogP contribution in [0.15, 0.2) is 23.2 Å². The lowest BCUT2D eigenvalue weighted by Gasteiger charge is -2.39. The van der Waals surface area contributed by atoms with Crippen LogP contribution in [0, 0.1) is 6.92 Å². The molecule has 1 saturated heterocycles. The summed E-state index contributed by atoms with van der Waals surface area (Å²) >= 11 is 6.11. The number of rotatable bonds is 5. The van der Waals surface area contributed by atoms with Crippen LogP contribution < -0.4 is 10.6 Å². The Morgan fingerprint density at radius 2 is 1.90 bits per heavy atom. The van der Waals surface area contributed by atoms with Crippen LogP contribution in [0.25, 0.3) is 0 Å². The van der Waals surface area contributed by atoms with Crippen molar-refractivity contribution in [2.45, 2.75) is 32.5 Å². The number of hydrogen-bond acceptors (Lipinski definition) is 3. The van der Waals surface area contributed by atoms with Gasteiger partial charge in [0.15, 0.2) is 5.96 Å². The van der Waals surface area contributed by atoms with Gasteiger partial charge >= 0.3 is 6.18 Å². The Morgan fingerprint density at radius 1 is 1.27 bits per heavy atom. The second-order valence-electron chi connectivity index (χ2n) is 7.00. The molecule has 0 aliphatic carbocycles. The number of carbonyl (C=O) groups excluding carboxylic acids is 1. The van der Waals surface area contributed by atoms with Gasteiger partial charge in [0, 0.05) is 46.2 Å². The number of anilines is 1. The van der Waals surface area contributed by atoms with Crippen LogP contribution in [-0.4, -0.2) is 73.7 Å². The van der Waals surface area contributed by atoms with Crippen molar-refractivity contribution >= 4 is 53.1 Å². The Bertz CT molecular complexity index is 739. The van der Waals surface area contributed by atoms with E-state index in [1.54, 1.807) is 19.2 Å². The fraction of sp³-hybridized carbons (Fsp3) is 0.579. The number of benzene rings is 1. The molecule has 1 aromatic rings. The van der Waals surface area contributed by atoms with Crippen LogP contribution >= 0.6 is 35.6 Å². The molecule has 6 nitrogen and oxygen atoms in total. The molecule has 1 heterocycles. The van der Waals surface area contributed by atoms with E-state index >= 15 is 0 Å². The molecule has 0 spiro atoms. The quantitative estimate of drug-likeness (QED) is 0.327. The van der Waals surface area contributed by atoms with Gasteiger partial charge in [0.1, 0.15) is 6.04 Å². The summed E-state index contributed by atoms with van der Waals surface area (Å²) in [5.74, 6) is 0.382. The van der Waals surface area contributed by atoms with Crippen molar-refractivity contribution in [2.24, 2.45) is 4.99 Å². The lowest BCUT2D eigenvalue weighted by molar-refractivity contribution is -0.181. The summed E-state index contributed by atoms with van der Waals surface area (Å²) in [6.45, 7) is 4.91. The standard InChI is InChI=1S/C19H27ClF3N5O.HI/c1-13-4-5-16(15(20)12-13)26-17(29)6-7-25-18(24-3)28-10-8-27(9-11-28)14(2)19(21,22)23;/h4-5,12,14H,6-11H2,1-3H3,(H,24,25)(H,26,29);1H. The predicted octanol–water partition coefficient (Wildman–Crippen LogP) is 3.74. The number of aryl methyl sites for hydroxylation is 1. The lowest BCUT2D eigenvalue weighted by atomic mass is 10.2. The van der Waals surface area contributed by atoms with E-state index in [-0.39, 0.29) is 36.3 Å². The zero-order valence-electron chi connectivity index (χ0n) is 17.2. The van der Waals surface area contributed by atoms with E-state index in [9.17, 15) is 18.0 Å². The summed E-state index contributed by atoms with van der Waals surface area (Å²) in [5, 5.41) is 6.34. The van der Waals surface area contributed by atoms with Crippen molar-refractivity contribution < 1.29 is 18.0 Å². The molecule has 1 amide bonds. The van der Waals surface area contributed by atoms with E-state index in [0.717, 1.165) is 5.56 Å². The third-order valence-corrected chi connectivity index (χ3v) is 5.19. The number of aliphatic imine (C=N–C) groups is 1. The van der Waals surface area contributed by atoms with Gasteiger partial charge in [0.25, 0.3) is 0 Å². The first-order valence-electron chi connectivity index (χ1n) is 9.44. The van der Waals surface area contributed by atoms with Crippen LogP contribution in [0.3, 0.4) is 0 Å². The van der Waals surface area contributed by atoms with Gasteiger partial charge in [-0.2, -0.15) is 13.2 Å². The van der Waals surface area contributed by atoms with E-state index in [4.69, 9.17) is 11.6 Å². The van der Waals surface area contributed by atoms with Gasteiger partial charge in [-0.3, -0.25) is 14.7 Å². The Labute approximate surface area is 197 Å². The van der Waals surface area contributed by atoms with Crippen LogP contribution in [-0.2, 0) is 4.79 Å². The van der Waals surface area contributed by atoms with Gasteiger partial charge in [-0.05, 0) is 31.5 Å². The molecule has 2 rings (SSSR count). The zero-order chi connectivity index (χ0) is 21.6. The molecule has 1 aromatic carbocycles. The average Bonchev–Trinajstić information content (AvgIpc) is 2.66. The molecule has 0 bridgehead atoms. The van der Waals surface area contributed by atoms with Crippen LogP contribution in [0.1, 0.15) is 18.9 Å².